The summed E-state index contributed by atoms with van der Waals surface area (Å²) < 4.78 is 38.1. The Bertz CT molecular complexity index is 780. The van der Waals surface area contributed by atoms with Crippen molar-refractivity contribution in [2.45, 2.75) is 6.18 Å². The molecule has 23 heavy (non-hydrogen) atoms. The van der Waals surface area contributed by atoms with Crippen molar-refractivity contribution < 1.29 is 13.2 Å². The number of aromatic amines is 1. The fraction of sp³-hybridized carbons (Fsp3) is 0.125. The molecular formula is C16H13F3N4. The van der Waals surface area contributed by atoms with Crippen molar-refractivity contribution in [2.24, 2.45) is 0 Å². The van der Waals surface area contributed by atoms with E-state index in [0.29, 0.717) is 11.4 Å². The molecule has 118 valence electrons. The van der Waals surface area contributed by atoms with E-state index in [1.807, 2.05) is 18.0 Å². The number of alkyl halides is 3. The van der Waals surface area contributed by atoms with Crippen molar-refractivity contribution in [1.82, 2.24) is 15.2 Å². The second-order valence-electron chi connectivity index (χ2n) is 4.97. The van der Waals surface area contributed by atoms with Gasteiger partial charge in [0.15, 0.2) is 0 Å². The predicted molar refractivity (Wildman–Crippen MR) is 81.3 cm³/mol. The Kier molecular flexibility index (Phi) is 3.77. The van der Waals surface area contributed by atoms with E-state index in [0.717, 1.165) is 23.4 Å². The zero-order valence-electron chi connectivity index (χ0n) is 12.2. The van der Waals surface area contributed by atoms with E-state index in [1.54, 1.807) is 24.7 Å². The van der Waals surface area contributed by atoms with Crippen LogP contribution in [0.4, 0.5) is 24.7 Å². The van der Waals surface area contributed by atoms with Crippen LogP contribution in [0.2, 0.25) is 0 Å². The lowest BCUT2D eigenvalue weighted by atomic mass is 10.0. The van der Waals surface area contributed by atoms with Crippen LogP contribution in [0, 0.1) is 0 Å². The standard InChI is InChI=1S/C16H13F3N4/c1-23(13-9-21-22-10-13)15-14(3-2-8-20-15)11-4-6-12(7-5-11)16(17,18)19/h2-10H,1H3,(H,21,22). The molecule has 0 atom stereocenters. The summed E-state index contributed by atoms with van der Waals surface area (Å²) >= 11 is 0. The number of pyridine rings is 1. The van der Waals surface area contributed by atoms with Crippen LogP contribution in [-0.2, 0) is 6.18 Å². The Balaban J connectivity index is 2.01. The zero-order valence-corrected chi connectivity index (χ0v) is 12.2. The molecule has 0 saturated carbocycles. The summed E-state index contributed by atoms with van der Waals surface area (Å²) in [5.41, 5.74) is 1.54. The smallest absolute Gasteiger partial charge is 0.326 e. The number of hydrogen-bond donors (Lipinski definition) is 1. The number of anilines is 2. The number of benzene rings is 1. The van der Waals surface area contributed by atoms with E-state index < -0.39 is 11.7 Å². The lowest BCUT2D eigenvalue weighted by molar-refractivity contribution is -0.137. The Morgan fingerprint density at radius 1 is 1.09 bits per heavy atom. The number of H-pyrrole nitrogens is 1. The molecule has 1 aromatic carbocycles. The van der Waals surface area contributed by atoms with Gasteiger partial charge < -0.3 is 4.90 Å². The van der Waals surface area contributed by atoms with Crippen LogP contribution in [0.3, 0.4) is 0 Å². The third kappa shape index (κ3) is 3.03. The van der Waals surface area contributed by atoms with Crippen molar-refractivity contribution in [3.8, 4) is 11.1 Å². The zero-order chi connectivity index (χ0) is 16.4. The second kappa shape index (κ2) is 5.75. The average molecular weight is 318 g/mol. The fourth-order valence-electron chi connectivity index (χ4n) is 2.28. The van der Waals surface area contributed by atoms with Gasteiger partial charge in [-0.2, -0.15) is 18.3 Å². The first-order chi connectivity index (χ1) is 11.0. The van der Waals surface area contributed by atoms with Gasteiger partial charge in [-0.1, -0.05) is 12.1 Å². The summed E-state index contributed by atoms with van der Waals surface area (Å²) in [5, 5.41) is 6.61. The van der Waals surface area contributed by atoms with E-state index >= 15 is 0 Å². The first-order valence-corrected chi connectivity index (χ1v) is 6.82. The van der Waals surface area contributed by atoms with E-state index in [1.165, 1.54) is 12.1 Å². The quantitative estimate of drug-likeness (QED) is 0.785. The van der Waals surface area contributed by atoms with Gasteiger partial charge >= 0.3 is 6.18 Å². The Morgan fingerprint density at radius 3 is 2.43 bits per heavy atom. The van der Waals surface area contributed by atoms with Gasteiger partial charge in [-0.25, -0.2) is 4.98 Å². The monoisotopic (exact) mass is 318 g/mol. The van der Waals surface area contributed by atoms with Gasteiger partial charge in [0.05, 0.1) is 17.4 Å². The van der Waals surface area contributed by atoms with Crippen LogP contribution in [0.1, 0.15) is 5.56 Å². The molecule has 3 aromatic rings. The topological polar surface area (TPSA) is 44.8 Å². The van der Waals surface area contributed by atoms with Gasteiger partial charge in [0.25, 0.3) is 0 Å². The summed E-state index contributed by atoms with van der Waals surface area (Å²) in [6.07, 6.45) is 0.653. The maximum Gasteiger partial charge on any atom is 0.416 e. The highest BCUT2D eigenvalue weighted by molar-refractivity contribution is 5.79. The number of rotatable bonds is 3. The van der Waals surface area contributed by atoms with E-state index in [-0.39, 0.29) is 0 Å². The molecule has 0 aliphatic heterocycles. The summed E-state index contributed by atoms with van der Waals surface area (Å²) in [6, 6.07) is 8.62. The summed E-state index contributed by atoms with van der Waals surface area (Å²) in [4.78, 5) is 6.16. The second-order valence-corrected chi connectivity index (χ2v) is 4.97. The fourth-order valence-corrected chi connectivity index (χ4v) is 2.28. The van der Waals surface area contributed by atoms with E-state index in [4.69, 9.17) is 0 Å². The van der Waals surface area contributed by atoms with Gasteiger partial charge in [0, 0.05) is 25.0 Å². The number of nitrogens with one attached hydrogen (secondary N) is 1. The lowest BCUT2D eigenvalue weighted by Crippen LogP contribution is -2.11. The largest absolute Gasteiger partial charge is 0.416 e. The molecule has 0 aliphatic rings. The number of aromatic nitrogens is 3. The van der Waals surface area contributed by atoms with Gasteiger partial charge in [0.2, 0.25) is 0 Å². The maximum atomic E-state index is 12.7. The van der Waals surface area contributed by atoms with Crippen LogP contribution in [0.15, 0.2) is 55.0 Å². The SMILES string of the molecule is CN(c1cn[nH]c1)c1ncccc1-c1ccc(C(F)(F)F)cc1. The average Bonchev–Trinajstić information content (AvgIpc) is 3.08. The summed E-state index contributed by atoms with van der Waals surface area (Å²) in [7, 11) is 1.82. The van der Waals surface area contributed by atoms with Gasteiger partial charge in [0.1, 0.15) is 5.82 Å². The van der Waals surface area contributed by atoms with Crippen LogP contribution >= 0.6 is 0 Å². The molecule has 0 fully saturated rings. The highest BCUT2D eigenvalue weighted by Crippen LogP contribution is 2.34. The lowest BCUT2D eigenvalue weighted by Gasteiger charge is -2.19. The first-order valence-electron chi connectivity index (χ1n) is 6.82. The third-order valence-corrected chi connectivity index (χ3v) is 3.50. The predicted octanol–water partition coefficient (Wildman–Crippen LogP) is 4.26. The highest BCUT2D eigenvalue weighted by atomic mass is 19.4. The minimum absolute atomic E-state index is 0.633. The molecule has 7 heteroatoms. The molecule has 0 radical (unpaired) electrons. The molecule has 0 spiro atoms. The third-order valence-electron chi connectivity index (χ3n) is 3.50. The van der Waals surface area contributed by atoms with Gasteiger partial charge in [-0.3, -0.25) is 5.10 Å². The van der Waals surface area contributed by atoms with E-state index in [9.17, 15) is 13.2 Å². The van der Waals surface area contributed by atoms with Crippen molar-refractivity contribution in [3.05, 3.63) is 60.6 Å². The molecule has 0 amide bonds. The molecule has 4 nitrogen and oxygen atoms in total. The number of halogens is 3. The molecule has 1 N–H and O–H groups in total. The Morgan fingerprint density at radius 2 is 1.83 bits per heavy atom. The van der Waals surface area contributed by atoms with Crippen molar-refractivity contribution >= 4 is 11.5 Å². The summed E-state index contributed by atoms with van der Waals surface area (Å²) in [5.74, 6) is 0.633. The van der Waals surface area contributed by atoms with Gasteiger partial charge in [-0.15, -0.1) is 0 Å². The first kappa shape index (κ1) is 15.1. The molecular weight excluding hydrogens is 305 g/mol. The molecule has 2 heterocycles. The van der Waals surface area contributed by atoms with Crippen molar-refractivity contribution in [1.29, 1.82) is 0 Å². The minimum Gasteiger partial charge on any atom is -0.326 e. The maximum absolute atomic E-state index is 12.7. The minimum atomic E-state index is -4.34. The molecule has 0 unspecified atom stereocenters. The van der Waals surface area contributed by atoms with Crippen LogP contribution in [-0.4, -0.2) is 22.2 Å². The van der Waals surface area contributed by atoms with Crippen molar-refractivity contribution in [2.75, 3.05) is 11.9 Å². The molecule has 0 saturated heterocycles. The van der Waals surface area contributed by atoms with Crippen molar-refractivity contribution in [3.63, 3.8) is 0 Å². The Labute approximate surface area is 130 Å². The number of hydrogen-bond acceptors (Lipinski definition) is 3. The Hall–Kier alpha value is -2.83. The van der Waals surface area contributed by atoms with Gasteiger partial charge in [-0.05, 0) is 29.8 Å². The van der Waals surface area contributed by atoms with Crippen LogP contribution in [0.25, 0.3) is 11.1 Å². The van der Waals surface area contributed by atoms with E-state index in [2.05, 4.69) is 15.2 Å². The molecule has 0 bridgehead atoms. The molecule has 2 aromatic heterocycles. The summed E-state index contributed by atoms with van der Waals surface area (Å²) in [6.45, 7) is 0. The highest BCUT2D eigenvalue weighted by Gasteiger charge is 2.30. The molecule has 3 rings (SSSR count). The normalized spacial score (nSPS) is 11.5. The molecule has 0 aliphatic carbocycles. The van der Waals surface area contributed by atoms with Crippen LogP contribution in [0.5, 0.6) is 0 Å². The van der Waals surface area contributed by atoms with Crippen LogP contribution < -0.4 is 4.90 Å². The number of nitrogens with zero attached hydrogens (tertiary/aromatic N) is 3.